The zero-order chi connectivity index (χ0) is 17.0. The van der Waals surface area contributed by atoms with Crippen molar-refractivity contribution in [2.24, 2.45) is 5.92 Å². The van der Waals surface area contributed by atoms with Crippen molar-refractivity contribution in [3.8, 4) is 0 Å². The first kappa shape index (κ1) is 18.8. The van der Waals surface area contributed by atoms with Crippen molar-refractivity contribution >= 4 is 19.2 Å². The topological polar surface area (TPSA) is 38.3 Å². The minimum absolute atomic E-state index is 0.0897. The van der Waals surface area contributed by atoms with Gasteiger partial charge in [-0.2, -0.15) is 0 Å². The van der Waals surface area contributed by atoms with Crippen LogP contribution in [0.15, 0.2) is 24.3 Å². The summed E-state index contributed by atoms with van der Waals surface area (Å²) < 4.78 is 5.96. The number of amides is 1. The Morgan fingerprint density at radius 1 is 1.18 bits per heavy atom. The average molecular weight is 301 g/mol. The van der Waals surface area contributed by atoms with Gasteiger partial charge in [0, 0.05) is 17.7 Å². The molecular formula is C18H28BNO2. The van der Waals surface area contributed by atoms with E-state index in [2.05, 4.69) is 33.0 Å². The molecule has 22 heavy (non-hydrogen) atoms. The molecule has 0 fully saturated rings. The van der Waals surface area contributed by atoms with Crippen molar-refractivity contribution < 1.29 is 9.53 Å². The Balaban J connectivity index is 2.53. The molecule has 1 amide bonds. The lowest BCUT2D eigenvalue weighted by Gasteiger charge is -2.32. The molecule has 0 atom stereocenters. The molecule has 0 aliphatic carbocycles. The molecule has 0 unspecified atom stereocenters. The molecule has 0 spiro atoms. The smallest absolute Gasteiger partial charge is 0.251 e. The summed E-state index contributed by atoms with van der Waals surface area (Å²) in [6.07, 6.45) is 0.754. The summed E-state index contributed by atoms with van der Waals surface area (Å²) in [4.78, 5) is 12.2. The normalized spacial score (nSPS) is 12.5. The van der Waals surface area contributed by atoms with E-state index in [-0.39, 0.29) is 17.0 Å². The van der Waals surface area contributed by atoms with Gasteiger partial charge >= 0.3 is 0 Å². The molecule has 1 rings (SSSR count). The number of nitrogens with one attached hydrogen (secondary N) is 1. The van der Waals surface area contributed by atoms with Gasteiger partial charge in [-0.15, -0.1) is 0 Å². The molecule has 0 bridgehead atoms. The third kappa shape index (κ3) is 5.84. The van der Waals surface area contributed by atoms with Crippen LogP contribution in [0.2, 0.25) is 0 Å². The van der Waals surface area contributed by atoms with E-state index in [0.29, 0.717) is 23.6 Å². The molecule has 1 aromatic carbocycles. The SMILES string of the molecule is [B]c1ccc(C(=O)NC(C)(C)CCOC(C)(C)C(C)C)cc1. The Kier molecular flexibility index (Phi) is 6.24. The van der Waals surface area contributed by atoms with E-state index in [1.807, 2.05) is 13.8 Å². The molecule has 0 saturated carbocycles. The van der Waals surface area contributed by atoms with Crippen LogP contribution in [0.25, 0.3) is 0 Å². The minimum Gasteiger partial charge on any atom is -0.375 e. The molecule has 0 aliphatic rings. The fourth-order valence-corrected chi connectivity index (χ4v) is 1.81. The van der Waals surface area contributed by atoms with Gasteiger partial charge in [0.25, 0.3) is 5.91 Å². The molecular weight excluding hydrogens is 273 g/mol. The number of hydrogen-bond donors (Lipinski definition) is 1. The lowest BCUT2D eigenvalue weighted by molar-refractivity contribution is -0.0558. The highest BCUT2D eigenvalue weighted by atomic mass is 16.5. The lowest BCUT2D eigenvalue weighted by atomic mass is 9.94. The highest BCUT2D eigenvalue weighted by molar-refractivity contribution is 6.32. The number of carbonyl (C=O) groups is 1. The van der Waals surface area contributed by atoms with E-state index in [4.69, 9.17) is 12.6 Å². The second kappa shape index (κ2) is 7.32. The molecule has 3 nitrogen and oxygen atoms in total. The number of ether oxygens (including phenoxy) is 1. The van der Waals surface area contributed by atoms with E-state index in [1.54, 1.807) is 24.3 Å². The molecule has 0 aliphatic heterocycles. The van der Waals surface area contributed by atoms with Crippen LogP contribution in [-0.2, 0) is 4.74 Å². The van der Waals surface area contributed by atoms with Crippen LogP contribution in [0.5, 0.6) is 0 Å². The zero-order valence-electron chi connectivity index (χ0n) is 14.7. The quantitative estimate of drug-likeness (QED) is 0.787. The Morgan fingerprint density at radius 3 is 2.23 bits per heavy atom. The van der Waals surface area contributed by atoms with Crippen molar-refractivity contribution in [2.75, 3.05) is 6.61 Å². The Morgan fingerprint density at radius 2 is 1.73 bits per heavy atom. The van der Waals surface area contributed by atoms with E-state index < -0.39 is 0 Å². The van der Waals surface area contributed by atoms with Gasteiger partial charge in [0.15, 0.2) is 0 Å². The molecule has 1 N–H and O–H groups in total. The van der Waals surface area contributed by atoms with E-state index in [0.717, 1.165) is 6.42 Å². The number of hydrogen-bond acceptors (Lipinski definition) is 2. The molecule has 0 heterocycles. The standard InChI is InChI=1S/C18H28BNO2/c1-13(2)18(5,6)22-12-11-17(3,4)20-16(21)14-7-9-15(19)10-8-14/h7-10,13H,11-12H2,1-6H3,(H,20,21). The van der Waals surface area contributed by atoms with Gasteiger partial charge < -0.3 is 10.1 Å². The van der Waals surface area contributed by atoms with Crippen molar-refractivity contribution in [3.05, 3.63) is 29.8 Å². The summed E-state index contributed by atoms with van der Waals surface area (Å²) >= 11 is 0. The summed E-state index contributed by atoms with van der Waals surface area (Å²) in [5.74, 6) is 0.355. The van der Waals surface area contributed by atoms with Crippen LogP contribution in [0, 0.1) is 5.92 Å². The van der Waals surface area contributed by atoms with Gasteiger partial charge in [0.2, 0.25) is 0 Å². The van der Waals surface area contributed by atoms with Gasteiger partial charge in [-0.3, -0.25) is 4.79 Å². The Hall–Kier alpha value is -1.29. The summed E-state index contributed by atoms with van der Waals surface area (Å²) in [6, 6.07) is 6.94. The van der Waals surface area contributed by atoms with Gasteiger partial charge in [-0.1, -0.05) is 43.6 Å². The fraction of sp³-hybridized carbons (Fsp3) is 0.611. The van der Waals surface area contributed by atoms with Crippen LogP contribution >= 0.6 is 0 Å². The minimum atomic E-state index is -0.328. The molecule has 1 aromatic rings. The van der Waals surface area contributed by atoms with Crippen molar-refractivity contribution in [3.63, 3.8) is 0 Å². The monoisotopic (exact) mass is 301 g/mol. The number of rotatable bonds is 7. The van der Waals surface area contributed by atoms with Gasteiger partial charge in [-0.05, 0) is 40.0 Å². The highest BCUT2D eigenvalue weighted by Crippen LogP contribution is 2.21. The fourth-order valence-electron chi connectivity index (χ4n) is 1.81. The summed E-state index contributed by atoms with van der Waals surface area (Å²) in [5.41, 5.74) is 0.786. The first-order valence-electron chi connectivity index (χ1n) is 7.85. The summed E-state index contributed by atoms with van der Waals surface area (Å²) in [7, 11) is 5.64. The first-order valence-corrected chi connectivity index (χ1v) is 7.85. The zero-order valence-corrected chi connectivity index (χ0v) is 14.7. The Bertz CT molecular complexity index is 492. The van der Waals surface area contributed by atoms with Crippen LogP contribution in [-0.4, -0.2) is 31.5 Å². The van der Waals surface area contributed by atoms with E-state index >= 15 is 0 Å². The van der Waals surface area contributed by atoms with Crippen molar-refractivity contribution in [2.45, 2.75) is 59.1 Å². The highest BCUT2D eigenvalue weighted by Gasteiger charge is 2.26. The van der Waals surface area contributed by atoms with Crippen LogP contribution < -0.4 is 10.8 Å². The summed E-state index contributed by atoms with van der Waals surface area (Å²) in [5, 5.41) is 3.05. The van der Waals surface area contributed by atoms with Gasteiger partial charge in [-0.25, -0.2) is 0 Å². The summed E-state index contributed by atoms with van der Waals surface area (Å²) in [6.45, 7) is 13.1. The number of carbonyl (C=O) groups excluding carboxylic acids is 1. The molecule has 0 saturated heterocycles. The maximum Gasteiger partial charge on any atom is 0.251 e. The van der Waals surface area contributed by atoms with Gasteiger partial charge in [0.05, 0.1) is 5.60 Å². The first-order chi connectivity index (χ1) is 10.0. The predicted octanol–water partition coefficient (Wildman–Crippen LogP) is 2.83. The van der Waals surface area contributed by atoms with Crippen molar-refractivity contribution in [1.82, 2.24) is 5.32 Å². The molecule has 120 valence electrons. The molecule has 0 aromatic heterocycles. The third-order valence-corrected chi connectivity index (χ3v) is 4.22. The Labute approximate surface area is 136 Å². The average Bonchev–Trinajstić information content (AvgIpc) is 2.38. The van der Waals surface area contributed by atoms with E-state index in [9.17, 15) is 4.79 Å². The van der Waals surface area contributed by atoms with Crippen LogP contribution in [0.1, 0.15) is 58.3 Å². The number of benzene rings is 1. The molecule has 4 heteroatoms. The van der Waals surface area contributed by atoms with Crippen molar-refractivity contribution in [1.29, 1.82) is 0 Å². The maximum absolute atomic E-state index is 12.2. The predicted molar refractivity (Wildman–Crippen MR) is 92.9 cm³/mol. The maximum atomic E-state index is 12.2. The third-order valence-electron chi connectivity index (χ3n) is 4.22. The van der Waals surface area contributed by atoms with Gasteiger partial charge in [0.1, 0.15) is 7.85 Å². The molecule has 2 radical (unpaired) electrons. The largest absolute Gasteiger partial charge is 0.375 e. The van der Waals surface area contributed by atoms with Crippen LogP contribution in [0.4, 0.5) is 0 Å². The lowest BCUT2D eigenvalue weighted by Crippen LogP contribution is -2.45. The van der Waals surface area contributed by atoms with Crippen LogP contribution in [0.3, 0.4) is 0 Å². The second-order valence-corrected chi connectivity index (χ2v) is 7.32. The van der Waals surface area contributed by atoms with E-state index in [1.165, 1.54) is 0 Å². The second-order valence-electron chi connectivity index (χ2n) is 7.32.